The first-order chi connectivity index (χ1) is 6.95. The molecular formula is C11H11NO2. The number of hydrogen-bond donors (Lipinski definition) is 0. The Kier molecular flexibility index (Phi) is 1.77. The third-order valence-electron chi connectivity index (χ3n) is 2.58. The van der Waals surface area contributed by atoms with Crippen molar-refractivity contribution in [3.63, 3.8) is 0 Å². The molecule has 1 aliphatic carbocycles. The van der Waals surface area contributed by atoms with Crippen LogP contribution in [0.25, 0.3) is 11.8 Å². The van der Waals surface area contributed by atoms with Gasteiger partial charge in [0.15, 0.2) is 0 Å². The zero-order valence-electron chi connectivity index (χ0n) is 7.77. The van der Waals surface area contributed by atoms with E-state index in [4.69, 9.17) is 9.47 Å². The first-order valence-corrected chi connectivity index (χ1v) is 4.85. The van der Waals surface area contributed by atoms with Gasteiger partial charge in [-0.05, 0) is 12.1 Å². The van der Waals surface area contributed by atoms with Crippen molar-refractivity contribution >= 4 is 11.8 Å². The first kappa shape index (κ1) is 8.00. The highest BCUT2D eigenvalue weighted by atomic mass is 16.6. The molecular weight excluding hydrogens is 178 g/mol. The zero-order chi connectivity index (χ0) is 9.38. The lowest BCUT2D eigenvalue weighted by molar-refractivity contribution is -0.00329. The van der Waals surface area contributed by atoms with E-state index in [1.54, 1.807) is 6.20 Å². The number of aromatic nitrogens is 1. The van der Waals surface area contributed by atoms with Crippen molar-refractivity contribution in [1.82, 2.24) is 4.98 Å². The smallest absolute Gasteiger partial charge is 0.135 e. The van der Waals surface area contributed by atoms with Crippen LogP contribution in [0.15, 0.2) is 18.3 Å². The summed E-state index contributed by atoms with van der Waals surface area (Å²) < 4.78 is 11.3. The van der Waals surface area contributed by atoms with Crippen molar-refractivity contribution in [1.29, 1.82) is 0 Å². The molecule has 0 aromatic carbocycles. The van der Waals surface area contributed by atoms with Crippen molar-refractivity contribution in [2.24, 2.45) is 0 Å². The third-order valence-corrected chi connectivity index (χ3v) is 2.58. The normalized spacial score (nSPS) is 24.3. The second kappa shape index (κ2) is 3.10. The lowest BCUT2D eigenvalue weighted by Gasteiger charge is -2.27. The Balaban J connectivity index is 2.27. The van der Waals surface area contributed by atoms with Gasteiger partial charge in [-0.15, -0.1) is 0 Å². The average molecular weight is 189 g/mol. The van der Waals surface area contributed by atoms with E-state index in [2.05, 4.69) is 11.1 Å². The summed E-state index contributed by atoms with van der Waals surface area (Å²) in [5.41, 5.74) is 0. The molecule has 2 aliphatic rings. The van der Waals surface area contributed by atoms with Crippen LogP contribution in [0.1, 0.15) is 6.42 Å². The fourth-order valence-corrected chi connectivity index (χ4v) is 1.94. The Morgan fingerprint density at radius 1 is 1.36 bits per heavy atom. The minimum absolute atomic E-state index is 0.112. The molecule has 0 amide bonds. The second-order valence-electron chi connectivity index (χ2n) is 3.45. The number of ether oxygens (including phenoxy) is 2. The van der Waals surface area contributed by atoms with Gasteiger partial charge in [-0.1, -0.05) is 6.08 Å². The van der Waals surface area contributed by atoms with E-state index in [-0.39, 0.29) is 6.10 Å². The number of rotatable bonds is 0. The standard InChI is InChI=1S/C11H11NO2/c1-2-8-9(12-5-1)3-4-10-11(8)14-7-6-13-10/h1-3,5,10H,4,6-7H2. The van der Waals surface area contributed by atoms with Gasteiger partial charge in [-0.3, -0.25) is 4.98 Å². The molecule has 14 heavy (non-hydrogen) atoms. The Morgan fingerprint density at radius 3 is 3.36 bits per heavy atom. The van der Waals surface area contributed by atoms with Crippen LogP contribution in [0.5, 0.6) is 0 Å². The maximum absolute atomic E-state index is 5.64. The molecule has 1 atom stereocenters. The van der Waals surface area contributed by atoms with Gasteiger partial charge in [0, 0.05) is 17.8 Å². The Hall–Kier alpha value is -1.35. The van der Waals surface area contributed by atoms with Crippen LogP contribution >= 0.6 is 0 Å². The molecule has 1 aromatic heterocycles. The summed E-state index contributed by atoms with van der Waals surface area (Å²) in [6, 6.07) is 3.97. The van der Waals surface area contributed by atoms with Crippen molar-refractivity contribution < 1.29 is 9.47 Å². The summed E-state index contributed by atoms with van der Waals surface area (Å²) in [7, 11) is 0. The highest BCUT2D eigenvalue weighted by Gasteiger charge is 2.23. The van der Waals surface area contributed by atoms with E-state index in [9.17, 15) is 0 Å². The van der Waals surface area contributed by atoms with E-state index in [1.807, 2.05) is 12.1 Å². The highest BCUT2D eigenvalue weighted by Crippen LogP contribution is 2.18. The zero-order valence-corrected chi connectivity index (χ0v) is 7.77. The van der Waals surface area contributed by atoms with Crippen LogP contribution in [0.4, 0.5) is 0 Å². The number of pyridine rings is 1. The molecule has 1 aliphatic heterocycles. The van der Waals surface area contributed by atoms with Gasteiger partial charge < -0.3 is 9.47 Å². The molecule has 3 heteroatoms. The molecule has 0 radical (unpaired) electrons. The van der Waals surface area contributed by atoms with E-state index < -0.39 is 0 Å². The quantitative estimate of drug-likeness (QED) is 0.566. The molecule has 0 saturated carbocycles. The molecule has 3 nitrogen and oxygen atoms in total. The van der Waals surface area contributed by atoms with Gasteiger partial charge in [0.25, 0.3) is 0 Å². The SMILES string of the molecule is C1=c2ncccc2=C2OCCOC2C1. The van der Waals surface area contributed by atoms with Crippen molar-refractivity contribution in [3.8, 4) is 0 Å². The van der Waals surface area contributed by atoms with Gasteiger partial charge in [-0.25, -0.2) is 0 Å². The lowest BCUT2D eigenvalue weighted by Crippen LogP contribution is -2.41. The van der Waals surface area contributed by atoms with Crippen LogP contribution in [0.2, 0.25) is 0 Å². The van der Waals surface area contributed by atoms with Gasteiger partial charge in [0.05, 0.1) is 12.0 Å². The topological polar surface area (TPSA) is 31.4 Å². The highest BCUT2D eigenvalue weighted by molar-refractivity contribution is 5.49. The molecule has 3 rings (SSSR count). The fraction of sp³-hybridized carbons (Fsp3) is 0.364. The summed E-state index contributed by atoms with van der Waals surface area (Å²) >= 11 is 0. The van der Waals surface area contributed by atoms with Crippen molar-refractivity contribution in [2.45, 2.75) is 12.5 Å². The number of fused-ring (bicyclic) bond motifs is 2. The van der Waals surface area contributed by atoms with Crippen LogP contribution in [-0.4, -0.2) is 24.3 Å². The Morgan fingerprint density at radius 2 is 2.36 bits per heavy atom. The largest absolute Gasteiger partial charge is 0.492 e. The Bertz CT molecular complexity index is 466. The van der Waals surface area contributed by atoms with E-state index in [1.165, 1.54) is 0 Å². The van der Waals surface area contributed by atoms with Crippen LogP contribution in [-0.2, 0) is 9.47 Å². The lowest BCUT2D eigenvalue weighted by atomic mass is 10.1. The second-order valence-corrected chi connectivity index (χ2v) is 3.45. The van der Waals surface area contributed by atoms with Gasteiger partial charge in [0.2, 0.25) is 0 Å². The Labute approximate surface area is 81.7 Å². The molecule has 0 N–H and O–H groups in total. The number of nitrogens with zero attached hydrogens (tertiary/aromatic N) is 1. The summed E-state index contributed by atoms with van der Waals surface area (Å²) in [5, 5.41) is 2.10. The van der Waals surface area contributed by atoms with E-state index >= 15 is 0 Å². The maximum Gasteiger partial charge on any atom is 0.135 e. The van der Waals surface area contributed by atoms with Gasteiger partial charge in [-0.2, -0.15) is 0 Å². The molecule has 1 saturated heterocycles. The molecule has 1 aromatic rings. The molecule has 0 bridgehead atoms. The first-order valence-electron chi connectivity index (χ1n) is 4.85. The number of hydrogen-bond acceptors (Lipinski definition) is 3. The monoisotopic (exact) mass is 189 g/mol. The van der Waals surface area contributed by atoms with E-state index in [0.29, 0.717) is 13.2 Å². The summed E-state index contributed by atoms with van der Waals surface area (Å²) in [5.74, 6) is 0.960. The predicted molar refractivity (Wildman–Crippen MR) is 51.7 cm³/mol. The van der Waals surface area contributed by atoms with Gasteiger partial charge in [0.1, 0.15) is 18.5 Å². The van der Waals surface area contributed by atoms with Gasteiger partial charge >= 0.3 is 0 Å². The van der Waals surface area contributed by atoms with Crippen LogP contribution in [0, 0.1) is 0 Å². The minimum atomic E-state index is 0.112. The molecule has 0 spiro atoms. The minimum Gasteiger partial charge on any atom is -0.492 e. The molecule has 72 valence electrons. The van der Waals surface area contributed by atoms with Crippen molar-refractivity contribution in [3.05, 3.63) is 28.9 Å². The fourth-order valence-electron chi connectivity index (χ4n) is 1.94. The average Bonchev–Trinajstić information content (AvgIpc) is 2.29. The molecule has 1 fully saturated rings. The van der Waals surface area contributed by atoms with Crippen LogP contribution in [0.3, 0.4) is 0 Å². The summed E-state index contributed by atoms with van der Waals surface area (Å²) in [6.07, 6.45) is 4.90. The predicted octanol–water partition coefficient (Wildman–Crippen LogP) is -0.211. The van der Waals surface area contributed by atoms with E-state index in [0.717, 1.165) is 22.7 Å². The summed E-state index contributed by atoms with van der Waals surface area (Å²) in [6.45, 7) is 1.35. The summed E-state index contributed by atoms with van der Waals surface area (Å²) in [4.78, 5) is 4.30. The van der Waals surface area contributed by atoms with Crippen molar-refractivity contribution in [2.75, 3.05) is 13.2 Å². The third kappa shape index (κ3) is 1.13. The maximum atomic E-state index is 5.64. The molecule has 2 heterocycles. The van der Waals surface area contributed by atoms with Crippen LogP contribution < -0.4 is 10.6 Å². The molecule has 1 unspecified atom stereocenters.